The number of anilines is 1. The van der Waals surface area contributed by atoms with Gasteiger partial charge >= 0.3 is 0 Å². The van der Waals surface area contributed by atoms with Gasteiger partial charge in [-0.05, 0) is 19.1 Å². The zero-order valence-corrected chi connectivity index (χ0v) is 8.57. The lowest BCUT2D eigenvalue weighted by atomic mass is 10.2. The molecule has 0 aliphatic rings. The van der Waals surface area contributed by atoms with Gasteiger partial charge in [0.2, 0.25) is 11.8 Å². The van der Waals surface area contributed by atoms with Crippen LogP contribution in [0.3, 0.4) is 0 Å². The summed E-state index contributed by atoms with van der Waals surface area (Å²) in [5.74, 6) is -0.525. The normalized spacial score (nSPS) is 9.64. The SMILES string of the molecule is CC(=O)N(C(C)=O)c1ccc(C)cc1. The fourth-order valence-corrected chi connectivity index (χ4v) is 1.28. The second-order valence-electron chi connectivity index (χ2n) is 3.21. The molecule has 0 fully saturated rings. The molecule has 0 saturated carbocycles. The van der Waals surface area contributed by atoms with Crippen LogP contribution in [-0.2, 0) is 9.59 Å². The Hall–Kier alpha value is -1.64. The van der Waals surface area contributed by atoms with Gasteiger partial charge in [-0.15, -0.1) is 0 Å². The van der Waals surface area contributed by atoms with Crippen molar-refractivity contribution in [3.05, 3.63) is 29.8 Å². The van der Waals surface area contributed by atoms with E-state index in [2.05, 4.69) is 0 Å². The van der Waals surface area contributed by atoms with E-state index >= 15 is 0 Å². The van der Waals surface area contributed by atoms with Crippen molar-refractivity contribution in [1.82, 2.24) is 0 Å². The maximum absolute atomic E-state index is 11.2. The van der Waals surface area contributed by atoms with Gasteiger partial charge in [-0.2, -0.15) is 0 Å². The molecule has 1 aromatic rings. The van der Waals surface area contributed by atoms with E-state index in [-0.39, 0.29) is 11.8 Å². The van der Waals surface area contributed by atoms with Crippen molar-refractivity contribution >= 4 is 17.5 Å². The van der Waals surface area contributed by atoms with Gasteiger partial charge in [0.25, 0.3) is 0 Å². The van der Waals surface area contributed by atoms with E-state index in [1.807, 2.05) is 19.1 Å². The molecule has 0 bridgehead atoms. The van der Waals surface area contributed by atoms with Gasteiger partial charge in [-0.1, -0.05) is 17.7 Å². The molecule has 0 aromatic heterocycles. The number of hydrogen-bond donors (Lipinski definition) is 0. The Labute approximate surface area is 83.3 Å². The van der Waals surface area contributed by atoms with E-state index in [1.54, 1.807) is 12.1 Å². The first-order chi connectivity index (χ1) is 6.52. The number of carbonyl (C=O) groups excluding carboxylic acids is 2. The summed E-state index contributed by atoms with van der Waals surface area (Å²) in [5.41, 5.74) is 1.72. The highest BCUT2D eigenvalue weighted by Crippen LogP contribution is 2.15. The van der Waals surface area contributed by atoms with Crippen LogP contribution in [0.4, 0.5) is 5.69 Å². The lowest BCUT2D eigenvalue weighted by molar-refractivity contribution is -0.124. The number of benzene rings is 1. The largest absolute Gasteiger partial charge is 0.274 e. The molecule has 0 spiro atoms. The summed E-state index contributed by atoms with van der Waals surface area (Å²) < 4.78 is 0. The molecule has 3 heteroatoms. The summed E-state index contributed by atoms with van der Waals surface area (Å²) >= 11 is 0. The molecule has 0 saturated heterocycles. The van der Waals surface area contributed by atoms with Crippen molar-refractivity contribution in [3.63, 3.8) is 0 Å². The molecular weight excluding hydrogens is 178 g/mol. The smallest absolute Gasteiger partial charge is 0.230 e. The Bertz CT molecular complexity index is 340. The Morgan fingerprint density at radius 2 is 1.43 bits per heavy atom. The molecule has 2 amide bonds. The second-order valence-corrected chi connectivity index (χ2v) is 3.21. The lowest BCUT2D eigenvalue weighted by Crippen LogP contribution is -2.32. The van der Waals surface area contributed by atoms with Crippen LogP contribution in [0.5, 0.6) is 0 Å². The van der Waals surface area contributed by atoms with Crippen LogP contribution in [0.1, 0.15) is 19.4 Å². The summed E-state index contributed by atoms with van der Waals surface area (Å²) in [4.78, 5) is 23.5. The minimum Gasteiger partial charge on any atom is -0.274 e. The monoisotopic (exact) mass is 191 g/mol. The summed E-state index contributed by atoms with van der Waals surface area (Å²) in [6.07, 6.45) is 0. The number of imide groups is 1. The number of carbonyl (C=O) groups is 2. The highest BCUT2D eigenvalue weighted by molar-refractivity contribution is 6.13. The van der Waals surface area contributed by atoms with Crippen LogP contribution >= 0.6 is 0 Å². The molecule has 1 aromatic carbocycles. The number of hydrogen-bond acceptors (Lipinski definition) is 2. The fraction of sp³-hybridized carbons (Fsp3) is 0.273. The number of aryl methyl sites for hydroxylation is 1. The van der Waals surface area contributed by atoms with Crippen molar-refractivity contribution in [1.29, 1.82) is 0 Å². The third-order valence-corrected chi connectivity index (χ3v) is 1.92. The van der Waals surface area contributed by atoms with Crippen molar-refractivity contribution in [2.45, 2.75) is 20.8 Å². The first-order valence-corrected chi connectivity index (χ1v) is 4.40. The number of amides is 2. The predicted molar refractivity (Wildman–Crippen MR) is 55.0 cm³/mol. The maximum Gasteiger partial charge on any atom is 0.230 e. The van der Waals surface area contributed by atoms with E-state index in [9.17, 15) is 9.59 Å². The molecule has 0 heterocycles. The van der Waals surface area contributed by atoms with Gasteiger partial charge in [0.15, 0.2) is 0 Å². The second kappa shape index (κ2) is 4.05. The van der Waals surface area contributed by atoms with Crippen molar-refractivity contribution < 1.29 is 9.59 Å². The number of nitrogens with zero attached hydrogens (tertiary/aromatic N) is 1. The topological polar surface area (TPSA) is 37.4 Å². The van der Waals surface area contributed by atoms with Crippen molar-refractivity contribution in [2.75, 3.05) is 4.90 Å². The summed E-state index contributed by atoms with van der Waals surface area (Å²) in [6, 6.07) is 7.26. The molecule has 3 nitrogen and oxygen atoms in total. The summed E-state index contributed by atoms with van der Waals surface area (Å²) in [6.45, 7) is 4.71. The Morgan fingerprint density at radius 1 is 1.00 bits per heavy atom. The summed E-state index contributed by atoms with van der Waals surface area (Å²) in [7, 11) is 0. The first kappa shape index (κ1) is 10.4. The Kier molecular flexibility index (Phi) is 3.02. The van der Waals surface area contributed by atoms with Gasteiger partial charge in [-0.25, -0.2) is 0 Å². The molecule has 0 radical (unpaired) electrons. The highest BCUT2D eigenvalue weighted by atomic mass is 16.2. The van der Waals surface area contributed by atoms with Crippen LogP contribution in [0, 0.1) is 6.92 Å². The molecule has 0 aliphatic heterocycles. The third-order valence-electron chi connectivity index (χ3n) is 1.92. The van der Waals surface area contributed by atoms with E-state index in [0.29, 0.717) is 5.69 Å². The zero-order valence-electron chi connectivity index (χ0n) is 8.57. The molecular formula is C11H13NO2. The number of rotatable bonds is 1. The van der Waals surface area contributed by atoms with Crippen molar-refractivity contribution in [2.24, 2.45) is 0 Å². The molecule has 14 heavy (non-hydrogen) atoms. The fourth-order valence-electron chi connectivity index (χ4n) is 1.28. The molecule has 0 unspecified atom stereocenters. The lowest BCUT2D eigenvalue weighted by Gasteiger charge is -2.16. The standard InChI is InChI=1S/C11H13NO2/c1-8-4-6-11(7-5-8)12(9(2)13)10(3)14/h4-7H,1-3H3. The van der Waals surface area contributed by atoms with E-state index in [1.165, 1.54) is 13.8 Å². The molecule has 74 valence electrons. The molecule has 1 rings (SSSR count). The average Bonchev–Trinajstić information content (AvgIpc) is 2.07. The van der Waals surface area contributed by atoms with Gasteiger partial charge in [0.1, 0.15) is 0 Å². The molecule has 0 aliphatic carbocycles. The van der Waals surface area contributed by atoms with Gasteiger partial charge < -0.3 is 0 Å². The quantitative estimate of drug-likeness (QED) is 0.679. The average molecular weight is 191 g/mol. The van der Waals surface area contributed by atoms with E-state index < -0.39 is 0 Å². The van der Waals surface area contributed by atoms with Crippen LogP contribution in [-0.4, -0.2) is 11.8 Å². The minimum atomic E-state index is -0.263. The highest BCUT2D eigenvalue weighted by Gasteiger charge is 2.15. The van der Waals surface area contributed by atoms with Crippen LogP contribution in [0.25, 0.3) is 0 Å². The van der Waals surface area contributed by atoms with Crippen LogP contribution in [0.15, 0.2) is 24.3 Å². The van der Waals surface area contributed by atoms with Crippen LogP contribution < -0.4 is 4.90 Å². The first-order valence-electron chi connectivity index (χ1n) is 4.40. The van der Waals surface area contributed by atoms with E-state index in [4.69, 9.17) is 0 Å². The predicted octanol–water partition coefficient (Wildman–Crippen LogP) is 1.89. The van der Waals surface area contributed by atoms with Gasteiger partial charge in [0.05, 0.1) is 5.69 Å². The van der Waals surface area contributed by atoms with Gasteiger partial charge in [-0.3, -0.25) is 14.5 Å². The maximum atomic E-state index is 11.2. The molecule has 0 N–H and O–H groups in total. The zero-order chi connectivity index (χ0) is 10.7. The van der Waals surface area contributed by atoms with Gasteiger partial charge in [0, 0.05) is 13.8 Å². The third kappa shape index (κ3) is 2.19. The Balaban J connectivity index is 3.06. The summed E-state index contributed by atoms with van der Waals surface area (Å²) in [5, 5.41) is 0. The van der Waals surface area contributed by atoms with Crippen LogP contribution in [0.2, 0.25) is 0 Å². The Morgan fingerprint density at radius 3 is 1.79 bits per heavy atom. The molecule has 0 atom stereocenters. The van der Waals surface area contributed by atoms with Crippen molar-refractivity contribution in [3.8, 4) is 0 Å². The minimum absolute atomic E-state index is 0.263. The van der Waals surface area contributed by atoms with E-state index in [0.717, 1.165) is 10.5 Å².